The zero-order chi connectivity index (χ0) is 20.2. The fraction of sp³-hybridized carbons (Fsp3) is 0.292. The number of nitrogens with one attached hydrogen (secondary N) is 1. The predicted molar refractivity (Wildman–Crippen MR) is 116 cm³/mol. The molecule has 2 amide bonds. The average molecular weight is 387 g/mol. The maximum Gasteiger partial charge on any atom is 0.256 e. The fourth-order valence-electron chi connectivity index (χ4n) is 4.01. The Morgan fingerprint density at radius 3 is 2.62 bits per heavy atom. The normalized spacial score (nSPS) is 14.1. The van der Waals surface area contributed by atoms with Gasteiger partial charge in [0.15, 0.2) is 0 Å². The van der Waals surface area contributed by atoms with Gasteiger partial charge in [-0.05, 0) is 49.2 Å². The first-order valence-electron chi connectivity index (χ1n) is 10.2. The highest BCUT2D eigenvalue weighted by molar-refractivity contribution is 6.05. The molecule has 148 valence electrons. The summed E-state index contributed by atoms with van der Waals surface area (Å²) < 4.78 is 0. The van der Waals surface area contributed by atoms with E-state index in [0.717, 1.165) is 42.3 Å². The molecule has 1 fully saturated rings. The molecule has 1 saturated carbocycles. The van der Waals surface area contributed by atoms with Crippen LogP contribution in [-0.2, 0) is 4.79 Å². The van der Waals surface area contributed by atoms with Gasteiger partial charge in [0.05, 0.1) is 5.52 Å². The largest absolute Gasteiger partial charge is 0.309 e. The SMILES string of the molecule is CCC(=O)N(c1cccc(C(=O)Nc2ccc3ccccc3n2)c1)C1CCCC1. The van der Waals surface area contributed by atoms with Gasteiger partial charge < -0.3 is 10.2 Å². The summed E-state index contributed by atoms with van der Waals surface area (Å²) in [5, 5.41) is 3.90. The van der Waals surface area contributed by atoms with Gasteiger partial charge in [-0.25, -0.2) is 4.98 Å². The summed E-state index contributed by atoms with van der Waals surface area (Å²) in [6.07, 6.45) is 4.78. The van der Waals surface area contributed by atoms with Crippen LogP contribution in [0, 0.1) is 0 Å². The molecular formula is C24H25N3O2. The summed E-state index contributed by atoms with van der Waals surface area (Å²) in [5.74, 6) is 0.381. The highest BCUT2D eigenvalue weighted by atomic mass is 16.2. The number of hydrogen-bond acceptors (Lipinski definition) is 3. The zero-order valence-corrected chi connectivity index (χ0v) is 16.6. The molecule has 5 heteroatoms. The number of hydrogen-bond donors (Lipinski definition) is 1. The van der Waals surface area contributed by atoms with Crippen LogP contribution in [0.5, 0.6) is 0 Å². The van der Waals surface area contributed by atoms with E-state index in [2.05, 4.69) is 10.3 Å². The van der Waals surface area contributed by atoms with Crippen LogP contribution in [0.25, 0.3) is 10.9 Å². The van der Waals surface area contributed by atoms with Gasteiger partial charge in [0.2, 0.25) is 5.91 Å². The standard InChI is InChI=1S/C24H25N3O2/c1-2-23(28)27(19-10-4-5-11-19)20-12-7-9-18(16-20)24(29)26-22-15-14-17-8-3-6-13-21(17)25-22/h3,6-9,12-16,19H,2,4-5,10-11H2,1H3,(H,25,26,29). The molecule has 1 N–H and O–H groups in total. The molecule has 0 atom stereocenters. The number of aromatic nitrogens is 1. The first-order valence-corrected chi connectivity index (χ1v) is 10.2. The van der Waals surface area contributed by atoms with E-state index < -0.39 is 0 Å². The van der Waals surface area contributed by atoms with E-state index >= 15 is 0 Å². The van der Waals surface area contributed by atoms with Gasteiger partial charge in [-0.1, -0.05) is 44.0 Å². The minimum Gasteiger partial charge on any atom is -0.309 e. The number of rotatable bonds is 5. The molecular weight excluding hydrogens is 362 g/mol. The van der Waals surface area contributed by atoms with Crippen molar-refractivity contribution in [2.75, 3.05) is 10.2 Å². The monoisotopic (exact) mass is 387 g/mol. The van der Waals surface area contributed by atoms with Gasteiger partial charge in [0.25, 0.3) is 5.91 Å². The number of pyridine rings is 1. The van der Waals surface area contributed by atoms with Crippen molar-refractivity contribution < 1.29 is 9.59 Å². The van der Waals surface area contributed by atoms with Crippen molar-refractivity contribution >= 4 is 34.2 Å². The molecule has 0 bridgehead atoms. The van der Waals surface area contributed by atoms with Crippen LogP contribution in [0.1, 0.15) is 49.4 Å². The Bertz CT molecular complexity index is 1040. The number of para-hydroxylation sites is 1. The van der Waals surface area contributed by atoms with Gasteiger partial charge in [0.1, 0.15) is 5.82 Å². The molecule has 1 heterocycles. The van der Waals surface area contributed by atoms with E-state index in [4.69, 9.17) is 0 Å². The van der Waals surface area contributed by atoms with E-state index in [9.17, 15) is 9.59 Å². The topological polar surface area (TPSA) is 62.3 Å². The molecule has 29 heavy (non-hydrogen) atoms. The van der Waals surface area contributed by atoms with Gasteiger partial charge >= 0.3 is 0 Å². The molecule has 0 unspecified atom stereocenters. The lowest BCUT2D eigenvalue weighted by molar-refractivity contribution is -0.118. The Morgan fingerprint density at radius 2 is 1.83 bits per heavy atom. The second-order valence-electron chi connectivity index (χ2n) is 7.45. The summed E-state index contributed by atoms with van der Waals surface area (Å²) in [6.45, 7) is 1.88. The van der Waals surface area contributed by atoms with Gasteiger partial charge in [-0.15, -0.1) is 0 Å². The first kappa shape index (κ1) is 19.1. The van der Waals surface area contributed by atoms with Crippen molar-refractivity contribution in [1.29, 1.82) is 0 Å². The smallest absolute Gasteiger partial charge is 0.256 e. The second-order valence-corrected chi connectivity index (χ2v) is 7.45. The van der Waals surface area contributed by atoms with Crippen molar-refractivity contribution in [3.8, 4) is 0 Å². The summed E-state index contributed by atoms with van der Waals surface area (Å²) in [5.41, 5.74) is 2.15. The molecule has 3 aromatic rings. The minimum atomic E-state index is -0.232. The van der Waals surface area contributed by atoms with Crippen LogP contribution < -0.4 is 10.2 Å². The third kappa shape index (κ3) is 4.14. The predicted octanol–water partition coefficient (Wildman–Crippen LogP) is 5.17. The second kappa shape index (κ2) is 8.43. The summed E-state index contributed by atoms with van der Waals surface area (Å²) in [7, 11) is 0. The minimum absolute atomic E-state index is 0.102. The van der Waals surface area contributed by atoms with Gasteiger partial charge in [0, 0.05) is 29.1 Å². The number of amides is 2. The Balaban J connectivity index is 1.57. The van der Waals surface area contributed by atoms with Crippen molar-refractivity contribution in [3.63, 3.8) is 0 Å². The molecule has 1 aromatic heterocycles. The zero-order valence-electron chi connectivity index (χ0n) is 16.6. The van der Waals surface area contributed by atoms with E-state index in [1.54, 1.807) is 12.1 Å². The van der Waals surface area contributed by atoms with E-state index in [0.29, 0.717) is 17.8 Å². The molecule has 4 rings (SSSR count). The summed E-state index contributed by atoms with van der Waals surface area (Å²) >= 11 is 0. The number of carbonyl (C=O) groups excluding carboxylic acids is 2. The first-order chi connectivity index (χ1) is 14.2. The summed E-state index contributed by atoms with van der Waals surface area (Å²) in [4.78, 5) is 31.8. The molecule has 2 aromatic carbocycles. The Kier molecular flexibility index (Phi) is 5.56. The van der Waals surface area contributed by atoms with Crippen LogP contribution >= 0.6 is 0 Å². The molecule has 1 aliphatic carbocycles. The number of nitrogens with zero attached hydrogens (tertiary/aromatic N) is 2. The number of fused-ring (bicyclic) bond motifs is 1. The number of benzene rings is 2. The maximum atomic E-state index is 12.8. The van der Waals surface area contributed by atoms with Crippen LogP contribution in [0.3, 0.4) is 0 Å². The van der Waals surface area contributed by atoms with Crippen LogP contribution in [0.4, 0.5) is 11.5 Å². The maximum absolute atomic E-state index is 12.8. The van der Waals surface area contributed by atoms with Gasteiger partial charge in [-0.2, -0.15) is 0 Å². The van der Waals surface area contributed by atoms with Crippen molar-refractivity contribution in [2.45, 2.75) is 45.1 Å². The van der Waals surface area contributed by atoms with Crippen LogP contribution in [-0.4, -0.2) is 22.8 Å². The van der Waals surface area contributed by atoms with Crippen LogP contribution in [0.2, 0.25) is 0 Å². The van der Waals surface area contributed by atoms with Crippen LogP contribution in [0.15, 0.2) is 60.7 Å². The molecule has 0 radical (unpaired) electrons. The highest BCUT2D eigenvalue weighted by Crippen LogP contribution is 2.29. The molecule has 0 aliphatic heterocycles. The van der Waals surface area contributed by atoms with E-state index in [-0.39, 0.29) is 17.9 Å². The molecule has 0 spiro atoms. The lowest BCUT2D eigenvalue weighted by atomic mass is 10.1. The van der Waals surface area contributed by atoms with Gasteiger partial charge in [-0.3, -0.25) is 9.59 Å². The number of anilines is 2. The third-order valence-corrected chi connectivity index (χ3v) is 5.49. The lowest BCUT2D eigenvalue weighted by Crippen LogP contribution is -2.38. The third-order valence-electron chi connectivity index (χ3n) is 5.49. The van der Waals surface area contributed by atoms with Crippen molar-refractivity contribution in [1.82, 2.24) is 4.98 Å². The Labute approximate surface area is 170 Å². The quantitative estimate of drug-likeness (QED) is 0.657. The van der Waals surface area contributed by atoms with Crippen molar-refractivity contribution in [3.05, 3.63) is 66.2 Å². The van der Waals surface area contributed by atoms with Crippen molar-refractivity contribution in [2.24, 2.45) is 0 Å². The summed E-state index contributed by atoms with van der Waals surface area (Å²) in [6, 6.07) is 19.1. The Hall–Kier alpha value is -3.21. The van der Waals surface area contributed by atoms with E-state index in [1.807, 2.05) is 60.4 Å². The lowest BCUT2D eigenvalue weighted by Gasteiger charge is -2.29. The average Bonchev–Trinajstić information content (AvgIpc) is 3.28. The van der Waals surface area contributed by atoms with E-state index in [1.165, 1.54) is 0 Å². The molecule has 0 saturated heterocycles. The highest BCUT2D eigenvalue weighted by Gasteiger charge is 2.27. The Morgan fingerprint density at radius 1 is 1.03 bits per heavy atom. The molecule has 5 nitrogen and oxygen atoms in total. The molecule has 1 aliphatic rings. The fourth-order valence-corrected chi connectivity index (χ4v) is 4.01. The number of carbonyl (C=O) groups is 2.